The summed E-state index contributed by atoms with van der Waals surface area (Å²) in [5, 5.41) is 6.35. The van der Waals surface area contributed by atoms with Crippen molar-refractivity contribution in [2.75, 3.05) is 14.1 Å². The van der Waals surface area contributed by atoms with Crippen LogP contribution >= 0.6 is 27.3 Å². The average molecular weight is 353 g/mol. The fraction of sp³-hybridized carbons (Fsp3) is 0.286. The number of hydrogen-bond acceptors (Lipinski definition) is 3. The van der Waals surface area contributed by atoms with Gasteiger partial charge in [-0.3, -0.25) is 4.99 Å². The molecule has 0 atom stereocenters. The predicted octanol–water partition coefficient (Wildman–Crippen LogP) is 3.11. The Labute approximate surface area is 131 Å². The van der Waals surface area contributed by atoms with Gasteiger partial charge in [0.15, 0.2) is 5.96 Å². The van der Waals surface area contributed by atoms with E-state index < -0.39 is 0 Å². The molecule has 2 rings (SSSR count). The van der Waals surface area contributed by atoms with Crippen LogP contribution in [-0.4, -0.2) is 29.9 Å². The Balaban J connectivity index is 1.91. The van der Waals surface area contributed by atoms with Gasteiger partial charge < -0.3 is 10.2 Å². The largest absolute Gasteiger partial charge is 0.350 e. The van der Waals surface area contributed by atoms with Crippen molar-refractivity contribution in [3.8, 4) is 0 Å². The number of nitrogens with zero attached hydrogens (tertiary/aromatic N) is 3. The summed E-state index contributed by atoms with van der Waals surface area (Å²) in [7, 11) is 3.82. The first-order chi connectivity index (χ1) is 9.69. The zero-order valence-corrected chi connectivity index (χ0v) is 13.9. The van der Waals surface area contributed by atoms with Gasteiger partial charge in [0.2, 0.25) is 0 Å². The molecule has 0 saturated carbocycles. The van der Waals surface area contributed by atoms with Gasteiger partial charge in [0.05, 0.1) is 6.54 Å². The Hall–Kier alpha value is -1.40. The van der Waals surface area contributed by atoms with E-state index in [1.807, 2.05) is 18.6 Å². The first kappa shape index (κ1) is 15.0. The number of thiazole rings is 1. The van der Waals surface area contributed by atoms with E-state index in [1.54, 1.807) is 18.4 Å². The van der Waals surface area contributed by atoms with Crippen molar-refractivity contribution in [2.45, 2.75) is 13.1 Å². The van der Waals surface area contributed by atoms with Gasteiger partial charge in [-0.1, -0.05) is 28.1 Å². The maximum Gasteiger partial charge on any atom is 0.194 e. The van der Waals surface area contributed by atoms with E-state index in [-0.39, 0.29) is 0 Å². The zero-order chi connectivity index (χ0) is 14.4. The molecule has 0 fully saturated rings. The third kappa shape index (κ3) is 4.31. The van der Waals surface area contributed by atoms with E-state index >= 15 is 0 Å². The van der Waals surface area contributed by atoms with E-state index in [9.17, 15) is 0 Å². The molecule has 4 nitrogen and oxygen atoms in total. The Morgan fingerprint density at radius 3 is 2.75 bits per heavy atom. The highest BCUT2D eigenvalue weighted by atomic mass is 79.9. The number of guanidine groups is 1. The monoisotopic (exact) mass is 352 g/mol. The van der Waals surface area contributed by atoms with Crippen molar-refractivity contribution in [3.63, 3.8) is 0 Å². The fourth-order valence-electron chi connectivity index (χ4n) is 1.82. The number of hydrogen-bond donors (Lipinski definition) is 1. The first-order valence-electron chi connectivity index (χ1n) is 6.23. The van der Waals surface area contributed by atoms with Crippen LogP contribution in [0.4, 0.5) is 0 Å². The summed E-state index contributed by atoms with van der Waals surface area (Å²) in [5.41, 5.74) is 1.24. The second-order valence-electron chi connectivity index (χ2n) is 4.31. The minimum absolute atomic E-state index is 0.703. The minimum Gasteiger partial charge on any atom is -0.350 e. The quantitative estimate of drug-likeness (QED) is 0.678. The molecule has 1 aromatic heterocycles. The van der Waals surface area contributed by atoms with Gasteiger partial charge in [-0.2, -0.15) is 0 Å². The summed E-state index contributed by atoms with van der Waals surface area (Å²) in [6.45, 7) is 1.51. The lowest BCUT2D eigenvalue weighted by atomic mass is 10.2. The lowest BCUT2D eigenvalue weighted by molar-refractivity contribution is 0.476. The van der Waals surface area contributed by atoms with Crippen LogP contribution in [-0.2, 0) is 13.1 Å². The molecule has 0 aliphatic rings. The van der Waals surface area contributed by atoms with E-state index in [0.717, 1.165) is 22.0 Å². The third-order valence-electron chi connectivity index (χ3n) is 2.79. The summed E-state index contributed by atoms with van der Waals surface area (Å²) in [5.74, 6) is 0.864. The van der Waals surface area contributed by atoms with Crippen molar-refractivity contribution < 1.29 is 0 Å². The maximum atomic E-state index is 4.30. The molecule has 0 radical (unpaired) electrons. The number of aromatic nitrogens is 1. The number of aliphatic imine (C=N–C) groups is 1. The molecule has 20 heavy (non-hydrogen) atoms. The number of benzene rings is 1. The van der Waals surface area contributed by atoms with Crippen LogP contribution in [0.3, 0.4) is 0 Å². The molecule has 0 aliphatic heterocycles. The maximum absolute atomic E-state index is 4.30. The Bertz CT molecular complexity index is 551. The van der Waals surface area contributed by atoms with Gasteiger partial charge in [0.25, 0.3) is 0 Å². The molecule has 0 amide bonds. The van der Waals surface area contributed by atoms with Gasteiger partial charge >= 0.3 is 0 Å². The molecule has 0 bridgehead atoms. The van der Waals surface area contributed by atoms with Crippen LogP contribution in [0.2, 0.25) is 0 Å². The fourth-order valence-corrected chi connectivity index (χ4v) is 2.64. The van der Waals surface area contributed by atoms with E-state index in [1.165, 1.54) is 5.56 Å². The average Bonchev–Trinajstić information content (AvgIpc) is 2.95. The van der Waals surface area contributed by atoms with Crippen molar-refractivity contribution in [1.29, 1.82) is 0 Å². The molecule has 1 aromatic carbocycles. The van der Waals surface area contributed by atoms with Crippen LogP contribution in [0.25, 0.3) is 0 Å². The SMILES string of the molecule is CN=C(NCc1nccs1)N(C)Cc1ccc(Br)cc1. The second kappa shape index (κ2) is 7.40. The smallest absolute Gasteiger partial charge is 0.194 e. The van der Waals surface area contributed by atoms with Crippen LogP contribution < -0.4 is 5.32 Å². The minimum atomic E-state index is 0.703. The van der Waals surface area contributed by atoms with Crippen molar-refractivity contribution in [1.82, 2.24) is 15.2 Å². The highest BCUT2D eigenvalue weighted by Gasteiger charge is 2.07. The summed E-state index contributed by atoms with van der Waals surface area (Å²) in [6.07, 6.45) is 1.82. The van der Waals surface area contributed by atoms with Crippen LogP contribution in [0.15, 0.2) is 45.3 Å². The molecule has 6 heteroatoms. The van der Waals surface area contributed by atoms with Crippen LogP contribution in [0.1, 0.15) is 10.6 Å². The number of rotatable bonds is 4. The van der Waals surface area contributed by atoms with Gasteiger partial charge in [-0.25, -0.2) is 4.98 Å². The molecular weight excluding hydrogens is 336 g/mol. The van der Waals surface area contributed by atoms with Crippen LogP contribution in [0.5, 0.6) is 0 Å². The van der Waals surface area contributed by atoms with E-state index in [4.69, 9.17) is 0 Å². The highest BCUT2D eigenvalue weighted by molar-refractivity contribution is 9.10. The molecule has 106 valence electrons. The normalized spacial score (nSPS) is 11.4. The third-order valence-corrected chi connectivity index (χ3v) is 4.10. The lowest BCUT2D eigenvalue weighted by Gasteiger charge is -2.21. The second-order valence-corrected chi connectivity index (χ2v) is 6.20. The highest BCUT2D eigenvalue weighted by Crippen LogP contribution is 2.12. The Morgan fingerprint density at radius 1 is 1.40 bits per heavy atom. The standard InChI is InChI=1S/C14H17BrN4S/c1-16-14(18-9-13-17-7-8-20-13)19(2)10-11-3-5-12(15)6-4-11/h3-8H,9-10H2,1-2H3,(H,16,18). The molecule has 2 aromatic rings. The van der Waals surface area contributed by atoms with Gasteiger partial charge in [0.1, 0.15) is 5.01 Å². The van der Waals surface area contributed by atoms with E-state index in [2.05, 4.69) is 60.4 Å². The Morgan fingerprint density at radius 2 is 2.15 bits per heavy atom. The molecular formula is C14H17BrN4S. The molecule has 1 N–H and O–H groups in total. The van der Waals surface area contributed by atoms with Crippen molar-refractivity contribution in [2.24, 2.45) is 4.99 Å². The summed E-state index contributed by atoms with van der Waals surface area (Å²) >= 11 is 5.09. The molecule has 0 unspecified atom stereocenters. The zero-order valence-electron chi connectivity index (χ0n) is 11.5. The van der Waals surface area contributed by atoms with E-state index in [0.29, 0.717) is 6.54 Å². The molecule has 1 heterocycles. The van der Waals surface area contributed by atoms with Gasteiger partial charge in [0, 0.05) is 36.7 Å². The summed E-state index contributed by atoms with van der Waals surface area (Å²) in [4.78, 5) is 10.6. The van der Waals surface area contributed by atoms with Crippen molar-refractivity contribution >= 4 is 33.2 Å². The lowest BCUT2D eigenvalue weighted by Crippen LogP contribution is -2.38. The van der Waals surface area contributed by atoms with Crippen molar-refractivity contribution in [3.05, 3.63) is 50.9 Å². The topological polar surface area (TPSA) is 40.5 Å². The summed E-state index contributed by atoms with van der Waals surface area (Å²) in [6, 6.07) is 8.31. The van der Waals surface area contributed by atoms with Crippen LogP contribution in [0, 0.1) is 0 Å². The first-order valence-corrected chi connectivity index (χ1v) is 7.91. The molecule has 0 spiro atoms. The Kier molecular flexibility index (Phi) is 5.55. The molecule has 0 saturated heterocycles. The summed E-state index contributed by atoms with van der Waals surface area (Å²) < 4.78 is 1.09. The number of halogens is 1. The predicted molar refractivity (Wildman–Crippen MR) is 87.9 cm³/mol. The van der Waals surface area contributed by atoms with Gasteiger partial charge in [-0.15, -0.1) is 11.3 Å². The molecule has 0 aliphatic carbocycles. The number of nitrogens with one attached hydrogen (secondary N) is 1. The van der Waals surface area contributed by atoms with Gasteiger partial charge in [-0.05, 0) is 17.7 Å².